The van der Waals surface area contributed by atoms with Crippen molar-refractivity contribution in [3.05, 3.63) is 22.8 Å². The van der Waals surface area contributed by atoms with Gasteiger partial charge in [0.1, 0.15) is 11.5 Å². The maximum atomic E-state index is 8.76. The van der Waals surface area contributed by atoms with Crippen molar-refractivity contribution in [2.45, 2.75) is 20.3 Å². The highest BCUT2D eigenvalue weighted by molar-refractivity contribution is 5.52. The Morgan fingerprint density at radius 2 is 1.89 bits per heavy atom. The zero-order valence-electron chi connectivity index (χ0n) is 11.7. The molecule has 4 nitrogen and oxygen atoms in total. The first-order chi connectivity index (χ1) is 8.54. The SMILES string of the molecule is COc1cc(CCN(C)C#N)c(OC)c(C)c1C. The van der Waals surface area contributed by atoms with E-state index in [1.165, 1.54) is 0 Å². The van der Waals surface area contributed by atoms with Gasteiger partial charge in [-0.25, -0.2) is 0 Å². The molecule has 0 unspecified atom stereocenters. The quantitative estimate of drug-likeness (QED) is 0.592. The monoisotopic (exact) mass is 248 g/mol. The van der Waals surface area contributed by atoms with Gasteiger partial charge in [0.15, 0.2) is 6.19 Å². The van der Waals surface area contributed by atoms with E-state index < -0.39 is 0 Å². The fraction of sp³-hybridized carbons (Fsp3) is 0.500. The van der Waals surface area contributed by atoms with Crippen molar-refractivity contribution in [2.24, 2.45) is 0 Å². The second-order valence-electron chi connectivity index (χ2n) is 4.29. The molecule has 0 atom stereocenters. The molecule has 0 saturated carbocycles. The molecule has 0 amide bonds. The van der Waals surface area contributed by atoms with Crippen LogP contribution in [0.3, 0.4) is 0 Å². The van der Waals surface area contributed by atoms with Crippen LogP contribution in [0.15, 0.2) is 6.07 Å². The number of benzene rings is 1. The molecule has 0 aliphatic rings. The highest BCUT2D eigenvalue weighted by Gasteiger charge is 2.13. The summed E-state index contributed by atoms with van der Waals surface area (Å²) in [6, 6.07) is 1.99. The predicted octanol–water partition coefficient (Wildman–Crippen LogP) is 2.28. The average molecular weight is 248 g/mol. The van der Waals surface area contributed by atoms with E-state index in [1.54, 1.807) is 26.2 Å². The minimum atomic E-state index is 0.665. The number of nitrogens with zero attached hydrogens (tertiary/aromatic N) is 2. The van der Waals surface area contributed by atoms with Crippen LogP contribution in [0.5, 0.6) is 11.5 Å². The van der Waals surface area contributed by atoms with Gasteiger partial charge in [0.25, 0.3) is 0 Å². The van der Waals surface area contributed by atoms with Gasteiger partial charge in [-0.2, -0.15) is 5.26 Å². The maximum absolute atomic E-state index is 8.76. The van der Waals surface area contributed by atoms with Crippen LogP contribution in [0.4, 0.5) is 0 Å². The van der Waals surface area contributed by atoms with Crippen LogP contribution < -0.4 is 9.47 Å². The Morgan fingerprint density at radius 3 is 2.39 bits per heavy atom. The third-order valence-corrected chi connectivity index (χ3v) is 3.18. The number of ether oxygens (including phenoxy) is 2. The minimum Gasteiger partial charge on any atom is -0.496 e. The van der Waals surface area contributed by atoms with E-state index in [2.05, 4.69) is 6.19 Å². The van der Waals surface area contributed by atoms with Crippen LogP contribution in [-0.2, 0) is 6.42 Å². The summed E-state index contributed by atoms with van der Waals surface area (Å²) < 4.78 is 10.8. The van der Waals surface area contributed by atoms with Crippen LogP contribution in [-0.4, -0.2) is 32.7 Å². The molecule has 4 heteroatoms. The molecule has 0 heterocycles. The van der Waals surface area contributed by atoms with Gasteiger partial charge < -0.3 is 14.4 Å². The third-order valence-electron chi connectivity index (χ3n) is 3.18. The van der Waals surface area contributed by atoms with E-state index in [1.807, 2.05) is 19.9 Å². The lowest BCUT2D eigenvalue weighted by atomic mass is 10.0. The van der Waals surface area contributed by atoms with Crippen molar-refractivity contribution in [3.63, 3.8) is 0 Å². The molecule has 98 valence electrons. The molecule has 0 aromatic heterocycles. The van der Waals surface area contributed by atoms with Gasteiger partial charge in [-0.05, 0) is 43.0 Å². The van der Waals surface area contributed by atoms with E-state index in [9.17, 15) is 0 Å². The molecule has 0 fully saturated rings. The minimum absolute atomic E-state index is 0.665. The number of hydrogen-bond donors (Lipinski definition) is 0. The van der Waals surface area contributed by atoms with Crippen LogP contribution in [0.25, 0.3) is 0 Å². The van der Waals surface area contributed by atoms with Gasteiger partial charge in [-0.15, -0.1) is 0 Å². The Hall–Kier alpha value is -1.89. The molecule has 0 bridgehead atoms. The summed E-state index contributed by atoms with van der Waals surface area (Å²) in [5.74, 6) is 1.75. The van der Waals surface area contributed by atoms with Crippen LogP contribution in [0.1, 0.15) is 16.7 Å². The Morgan fingerprint density at radius 1 is 1.22 bits per heavy atom. The lowest BCUT2D eigenvalue weighted by molar-refractivity contribution is 0.390. The molecule has 0 aliphatic carbocycles. The summed E-state index contributed by atoms with van der Waals surface area (Å²) in [7, 11) is 5.11. The van der Waals surface area contributed by atoms with Gasteiger partial charge in [-0.3, -0.25) is 0 Å². The van der Waals surface area contributed by atoms with E-state index >= 15 is 0 Å². The summed E-state index contributed by atoms with van der Waals surface area (Å²) in [5.41, 5.74) is 3.25. The second-order valence-corrected chi connectivity index (χ2v) is 4.29. The first kappa shape index (κ1) is 14.2. The smallest absolute Gasteiger partial charge is 0.179 e. The first-order valence-corrected chi connectivity index (χ1v) is 5.87. The van der Waals surface area contributed by atoms with Gasteiger partial charge in [0.2, 0.25) is 0 Å². The van der Waals surface area contributed by atoms with Crippen LogP contribution in [0.2, 0.25) is 0 Å². The van der Waals surface area contributed by atoms with Crippen LogP contribution >= 0.6 is 0 Å². The van der Waals surface area contributed by atoms with Gasteiger partial charge in [0, 0.05) is 13.6 Å². The number of hydrogen-bond acceptors (Lipinski definition) is 4. The lowest BCUT2D eigenvalue weighted by Gasteiger charge is -2.17. The molecule has 0 spiro atoms. The molecule has 1 rings (SSSR count). The summed E-state index contributed by atoms with van der Waals surface area (Å²) in [5, 5.41) is 8.76. The number of nitriles is 1. The fourth-order valence-corrected chi connectivity index (χ4v) is 1.95. The normalized spacial score (nSPS) is 9.78. The Balaban J connectivity index is 3.10. The maximum Gasteiger partial charge on any atom is 0.179 e. The molecule has 1 aromatic rings. The first-order valence-electron chi connectivity index (χ1n) is 5.87. The Bertz CT molecular complexity index is 464. The molecular weight excluding hydrogens is 228 g/mol. The second kappa shape index (κ2) is 6.15. The summed E-state index contributed by atoms with van der Waals surface area (Å²) in [4.78, 5) is 1.60. The summed E-state index contributed by atoms with van der Waals surface area (Å²) >= 11 is 0. The topological polar surface area (TPSA) is 45.5 Å². The van der Waals surface area contributed by atoms with E-state index in [0.29, 0.717) is 6.54 Å². The van der Waals surface area contributed by atoms with Crippen molar-refractivity contribution in [2.75, 3.05) is 27.8 Å². The molecule has 18 heavy (non-hydrogen) atoms. The Kier molecular flexibility index (Phi) is 4.85. The molecule has 0 aliphatic heterocycles. The average Bonchev–Trinajstić information content (AvgIpc) is 2.39. The van der Waals surface area contributed by atoms with Crippen molar-refractivity contribution in [3.8, 4) is 17.7 Å². The summed E-state index contributed by atoms with van der Waals surface area (Å²) in [6.07, 6.45) is 2.84. The fourth-order valence-electron chi connectivity index (χ4n) is 1.95. The molecule has 0 saturated heterocycles. The van der Waals surface area contributed by atoms with Crippen LogP contribution in [0, 0.1) is 25.3 Å². The Labute approximate surface area is 109 Å². The summed E-state index contributed by atoms with van der Waals surface area (Å²) in [6.45, 7) is 4.70. The zero-order chi connectivity index (χ0) is 13.7. The van der Waals surface area contributed by atoms with E-state index in [4.69, 9.17) is 14.7 Å². The van der Waals surface area contributed by atoms with E-state index in [-0.39, 0.29) is 0 Å². The predicted molar refractivity (Wildman–Crippen MR) is 71.0 cm³/mol. The van der Waals surface area contributed by atoms with Crippen molar-refractivity contribution >= 4 is 0 Å². The van der Waals surface area contributed by atoms with Gasteiger partial charge >= 0.3 is 0 Å². The highest BCUT2D eigenvalue weighted by atomic mass is 16.5. The molecule has 0 N–H and O–H groups in total. The number of rotatable bonds is 5. The zero-order valence-corrected chi connectivity index (χ0v) is 11.7. The van der Waals surface area contributed by atoms with Gasteiger partial charge in [0.05, 0.1) is 14.2 Å². The lowest BCUT2D eigenvalue weighted by Crippen LogP contribution is -2.15. The third kappa shape index (κ3) is 2.86. The largest absolute Gasteiger partial charge is 0.496 e. The van der Waals surface area contributed by atoms with Crippen molar-refractivity contribution in [1.82, 2.24) is 4.90 Å². The van der Waals surface area contributed by atoms with Gasteiger partial charge in [-0.1, -0.05) is 0 Å². The van der Waals surface area contributed by atoms with E-state index in [0.717, 1.165) is 34.6 Å². The highest BCUT2D eigenvalue weighted by Crippen LogP contribution is 2.33. The molecular formula is C14H20N2O2. The molecule has 0 radical (unpaired) electrons. The van der Waals surface area contributed by atoms with Crippen molar-refractivity contribution in [1.29, 1.82) is 5.26 Å². The number of methoxy groups -OCH3 is 2. The standard InChI is InChI=1S/C14H20N2O2/c1-10-11(2)14(18-5)12(8-13(10)17-4)6-7-16(3)9-15/h8H,6-7H2,1-5H3. The van der Waals surface area contributed by atoms with Crippen molar-refractivity contribution < 1.29 is 9.47 Å². The number of likely N-dealkylation sites (N-methyl/N-ethyl adjacent to an activating group) is 1. The molecule has 1 aromatic carbocycles.